The van der Waals surface area contributed by atoms with Crippen LogP contribution >= 0.6 is 15.9 Å². The largest absolute Gasteiger partial charge is 0.0880 e. The first-order valence-corrected chi connectivity index (χ1v) is 5.86. The molecule has 13 heavy (non-hydrogen) atoms. The second-order valence-electron chi connectivity index (χ2n) is 3.44. The number of allylic oxidation sites excluding steroid dienone is 2. The summed E-state index contributed by atoms with van der Waals surface area (Å²) in [5.74, 6) is 0. The molecule has 0 fully saturated rings. The second kappa shape index (κ2) is 4.10. The first kappa shape index (κ1) is 9.01. The fraction of sp³-hybridized carbons (Fsp3) is 0.333. The van der Waals surface area contributed by atoms with E-state index in [1.807, 2.05) is 0 Å². The van der Waals surface area contributed by atoms with E-state index in [0.717, 1.165) is 5.33 Å². The molecule has 2 rings (SSSR count). The quantitative estimate of drug-likeness (QED) is 0.681. The van der Waals surface area contributed by atoms with Crippen LogP contribution in [0, 0.1) is 0 Å². The lowest BCUT2D eigenvalue weighted by Gasteiger charge is -2.04. The summed E-state index contributed by atoms with van der Waals surface area (Å²) in [5, 5.41) is 1.04. The number of halogens is 1. The molecule has 0 N–H and O–H groups in total. The van der Waals surface area contributed by atoms with Crippen LogP contribution in [0.4, 0.5) is 0 Å². The van der Waals surface area contributed by atoms with Gasteiger partial charge in [-0.25, -0.2) is 0 Å². The highest BCUT2D eigenvalue weighted by Crippen LogP contribution is 2.34. The van der Waals surface area contributed by atoms with E-state index < -0.39 is 0 Å². The number of hydrogen-bond donors (Lipinski definition) is 0. The minimum Gasteiger partial charge on any atom is -0.0880 e. The van der Waals surface area contributed by atoms with E-state index in [2.05, 4.69) is 46.3 Å². The third-order valence-corrected chi connectivity index (χ3v) is 3.29. The Hall–Kier alpha value is -0.560. The van der Waals surface area contributed by atoms with E-state index in [4.69, 9.17) is 0 Å². The summed E-state index contributed by atoms with van der Waals surface area (Å²) in [6, 6.07) is 10.7. The van der Waals surface area contributed by atoms with Gasteiger partial charge in [-0.2, -0.15) is 0 Å². The van der Waals surface area contributed by atoms with Crippen molar-refractivity contribution < 1.29 is 0 Å². The van der Waals surface area contributed by atoms with Gasteiger partial charge in [-0.05, 0) is 30.4 Å². The van der Waals surface area contributed by atoms with Gasteiger partial charge in [0.1, 0.15) is 0 Å². The number of rotatable bonds is 2. The molecule has 0 aliphatic heterocycles. The molecule has 1 aromatic rings. The molecule has 0 nitrogen and oxygen atoms in total. The molecule has 68 valence electrons. The Labute approximate surface area is 87.8 Å². The summed E-state index contributed by atoms with van der Waals surface area (Å²) in [7, 11) is 0. The number of alkyl halides is 1. The van der Waals surface area contributed by atoms with Gasteiger partial charge in [-0.1, -0.05) is 51.8 Å². The number of benzene rings is 1. The fourth-order valence-corrected chi connectivity index (χ4v) is 2.56. The van der Waals surface area contributed by atoms with Gasteiger partial charge in [-0.3, -0.25) is 0 Å². The zero-order chi connectivity index (χ0) is 9.10. The molecule has 0 radical (unpaired) electrons. The maximum Gasteiger partial charge on any atom is 0.0247 e. The Balaban J connectivity index is 2.35. The van der Waals surface area contributed by atoms with Crippen LogP contribution in [-0.4, -0.2) is 5.33 Å². The van der Waals surface area contributed by atoms with Crippen molar-refractivity contribution in [2.75, 3.05) is 5.33 Å². The summed E-state index contributed by atoms with van der Waals surface area (Å²) in [6.07, 6.45) is 3.85. The average Bonchev–Trinajstić information content (AvgIpc) is 2.67. The van der Waals surface area contributed by atoms with Crippen molar-refractivity contribution in [3.8, 4) is 0 Å². The lowest BCUT2D eigenvalue weighted by atomic mass is 10.0. The van der Waals surface area contributed by atoms with Gasteiger partial charge in [-0.15, -0.1) is 0 Å². The molecular formula is C12H13Br. The summed E-state index contributed by atoms with van der Waals surface area (Å²) in [4.78, 5) is 0. The molecule has 1 aliphatic rings. The van der Waals surface area contributed by atoms with Gasteiger partial charge < -0.3 is 0 Å². The normalized spacial score (nSPS) is 16.7. The van der Waals surface area contributed by atoms with Crippen molar-refractivity contribution in [1.29, 1.82) is 0 Å². The summed E-state index contributed by atoms with van der Waals surface area (Å²) in [6.45, 7) is 0. The van der Waals surface area contributed by atoms with Crippen LogP contribution in [0.2, 0.25) is 0 Å². The van der Waals surface area contributed by atoms with Crippen molar-refractivity contribution in [1.82, 2.24) is 0 Å². The molecule has 1 heteroatoms. The van der Waals surface area contributed by atoms with E-state index in [1.165, 1.54) is 24.8 Å². The van der Waals surface area contributed by atoms with Crippen LogP contribution < -0.4 is 0 Å². The van der Waals surface area contributed by atoms with Crippen LogP contribution in [0.1, 0.15) is 24.8 Å². The predicted octanol–water partition coefficient (Wildman–Crippen LogP) is 4.02. The Kier molecular flexibility index (Phi) is 2.84. The molecule has 0 bridgehead atoms. The first-order chi connectivity index (χ1) is 6.42. The molecule has 1 aliphatic carbocycles. The highest BCUT2D eigenvalue weighted by atomic mass is 79.9. The monoisotopic (exact) mass is 236 g/mol. The standard InChI is InChI=1S/C12H13Br/c13-9-11-7-4-8-12(11)10-5-2-1-3-6-10/h1-3,5-6H,4,7-9H2. The third kappa shape index (κ3) is 1.86. The Morgan fingerprint density at radius 3 is 2.54 bits per heavy atom. The van der Waals surface area contributed by atoms with Crippen LogP contribution in [-0.2, 0) is 0 Å². The lowest BCUT2D eigenvalue weighted by molar-refractivity contribution is 0.912. The SMILES string of the molecule is BrCC1=C(c2ccccc2)CCC1. The first-order valence-electron chi connectivity index (χ1n) is 4.74. The molecule has 0 aromatic heterocycles. The molecule has 0 saturated heterocycles. The van der Waals surface area contributed by atoms with Gasteiger partial charge in [0, 0.05) is 5.33 Å². The van der Waals surface area contributed by atoms with Crippen molar-refractivity contribution in [3.05, 3.63) is 41.5 Å². The third-order valence-electron chi connectivity index (χ3n) is 2.62. The molecule has 0 unspecified atom stereocenters. The Morgan fingerprint density at radius 1 is 1.08 bits per heavy atom. The summed E-state index contributed by atoms with van der Waals surface area (Å²) in [5.41, 5.74) is 4.57. The second-order valence-corrected chi connectivity index (χ2v) is 4.00. The highest BCUT2D eigenvalue weighted by molar-refractivity contribution is 9.09. The Morgan fingerprint density at radius 2 is 1.85 bits per heavy atom. The minimum atomic E-state index is 1.04. The van der Waals surface area contributed by atoms with Gasteiger partial charge in [0.25, 0.3) is 0 Å². The van der Waals surface area contributed by atoms with Crippen molar-refractivity contribution in [2.45, 2.75) is 19.3 Å². The molecular weight excluding hydrogens is 224 g/mol. The fourth-order valence-electron chi connectivity index (χ4n) is 1.94. The van der Waals surface area contributed by atoms with Crippen LogP contribution in [0.3, 0.4) is 0 Å². The molecule has 1 aromatic carbocycles. The van der Waals surface area contributed by atoms with Crippen molar-refractivity contribution in [2.24, 2.45) is 0 Å². The van der Waals surface area contributed by atoms with Gasteiger partial charge >= 0.3 is 0 Å². The zero-order valence-corrected chi connectivity index (χ0v) is 9.18. The zero-order valence-electron chi connectivity index (χ0n) is 7.59. The Bertz CT molecular complexity index is 311. The smallest absolute Gasteiger partial charge is 0.0247 e. The lowest BCUT2D eigenvalue weighted by Crippen LogP contribution is -1.85. The van der Waals surface area contributed by atoms with E-state index >= 15 is 0 Å². The van der Waals surface area contributed by atoms with Crippen molar-refractivity contribution in [3.63, 3.8) is 0 Å². The van der Waals surface area contributed by atoms with Gasteiger partial charge in [0.05, 0.1) is 0 Å². The van der Waals surface area contributed by atoms with Crippen LogP contribution in [0.25, 0.3) is 5.57 Å². The topological polar surface area (TPSA) is 0 Å². The van der Waals surface area contributed by atoms with Gasteiger partial charge in [0.2, 0.25) is 0 Å². The maximum atomic E-state index is 3.56. The average molecular weight is 237 g/mol. The molecule has 0 saturated carbocycles. The predicted molar refractivity (Wildman–Crippen MR) is 61.0 cm³/mol. The molecule has 0 spiro atoms. The van der Waals surface area contributed by atoms with Gasteiger partial charge in [0.15, 0.2) is 0 Å². The van der Waals surface area contributed by atoms with E-state index in [-0.39, 0.29) is 0 Å². The minimum absolute atomic E-state index is 1.04. The molecule has 0 heterocycles. The van der Waals surface area contributed by atoms with E-state index in [9.17, 15) is 0 Å². The number of hydrogen-bond acceptors (Lipinski definition) is 0. The van der Waals surface area contributed by atoms with Crippen LogP contribution in [0.5, 0.6) is 0 Å². The summed E-state index contributed by atoms with van der Waals surface area (Å²) < 4.78 is 0. The van der Waals surface area contributed by atoms with E-state index in [0.29, 0.717) is 0 Å². The highest BCUT2D eigenvalue weighted by Gasteiger charge is 2.14. The molecule has 0 atom stereocenters. The maximum absolute atomic E-state index is 3.56. The van der Waals surface area contributed by atoms with Crippen LogP contribution in [0.15, 0.2) is 35.9 Å². The summed E-state index contributed by atoms with van der Waals surface area (Å²) >= 11 is 3.56. The molecule has 0 amide bonds. The van der Waals surface area contributed by atoms with E-state index in [1.54, 1.807) is 11.1 Å². The van der Waals surface area contributed by atoms with Crippen molar-refractivity contribution >= 4 is 21.5 Å².